The Hall–Kier alpha value is -3.22. The van der Waals surface area contributed by atoms with Crippen LogP contribution in [0.3, 0.4) is 0 Å². The third kappa shape index (κ3) is 4.49. The summed E-state index contributed by atoms with van der Waals surface area (Å²) in [6.07, 6.45) is 3.52. The fourth-order valence-corrected chi connectivity index (χ4v) is 3.15. The minimum absolute atomic E-state index is 0.0725. The standard InChI is InChI=1S/C20H21N3O4/c1-22(13-18(25)15-4-6-17(24)7-5-15)20(27)16-9-19(26)23(12-16)11-14-3-2-8-21-10-14/h2-8,10,16,24H,9,11-13H2,1H3/t16-/m0/s1. The summed E-state index contributed by atoms with van der Waals surface area (Å²) in [4.78, 5) is 44.2. The molecule has 1 saturated heterocycles. The highest BCUT2D eigenvalue weighted by atomic mass is 16.3. The van der Waals surface area contributed by atoms with E-state index in [1.165, 1.54) is 29.2 Å². The van der Waals surface area contributed by atoms with Crippen molar-refractivity contribution in [2.75, 3.05) is 20.1 Å². The van der Waals surface area contributed by atoms with Crippen LogP contribution in [0.4, 0.5) is 0 Å². The molecule has 2 amide bonds. The van der Waals surface area contributed by atoms with Gasteiger partial charge in [0.25, 0.3) is 0 Å². The normalized spacial score (nSPS) is 16.4. The number of phenols is 1. The minimum Gasteiger partial charge on any atom is -0.508 e. The lowest BCUT2D eigenvalue weighted by Crippen LogP contribution is -2.37. The van der Waals surface area contributed by atoms with Crippen molar-refractivity contribution in [2.45, 2.75) is 13.0 Å². The van der Waals surface area contributed by atoms with Crippen molar-refractivity contribution < 1.29 is 19.5 Å². The first kappa shape index (κ1) is 18.6. The topological polar surface area (TPSA) is 90.8 Å². The van der Waals surface area contributed by atoms with Crippen LogP contribution in [0.1, 0.15) is 22.3 Å². The Labute approximate surface area is 157 Å². The quantitative estimate of drug-likeness (QED) is 0.781. The second-order valence-corrected chi connectivity index (χ2v) is 6.70. The third-order valence-electron chi connectivity index (χ3n) is 4.61. The number of aromatic hydroxyl groups is 1. The van der Waals surface area contributed by atoms with Gasteiger partial charge in [-0.2, -0.15) is 0 Å². The van der Waals surface area contributed by atoms with Crippen molar-refractivity contribution in [2.24, 2.45) is 5.92 Å². The molecule has 1 aliphatic heterocycles. The Morgan fingerprint density at radius 1 is 1.26 bits per heavy atom. The van der Waals surface area contributed by atoms with Gasteiger partial charge in [0.05, 0.1) is 12.5 Å². The summed E-state index contributed by atoms with van der Waals surface area (Å²) in [5.41, 5.74) is 1.34. The maximum atomic E-state index is 12.7. The lowest BCUT2D eigenvalue weighted by molar-refractivity contribution is -0.134. The number of carbonyl (C=O) groups excluding carboxylic acids is 3. The number of hydrogen-bond donors (Lipinski definition) is 1. The fourth-order valence-electron chi connectivity index (χ4n) is 3.15. The zero-order valence-corrected chi connectivity index (χ0v) is 15.0. The molecule has 2 heterocycles. The van der Waals surface area contributed by atoms with Crippen molar-refractivity contribution in [3.63, 3.8) is 0 Å². The fraction of sp³-hybridized carbons (Fsp3) is 0.300. The van der Waals surface area contributed by atoms with E-state index in [9.17, 15) is 19.5 Å². The number of phenolic OH excluding ortho intramolecular Hbond substituents is 1. The first-order chi connectivity index (χ1) is 12.9. The molecule has 0 radical (unpaired) electrons. The Morgan fingerprint density at radius 2 is 2.00 bits per heavy atom. The Morgan fingerprint density at radius 3 is 2.67 bits per heavy atom. The van der Waals surface area contributed by atoms with E-state index in [2.05, 4.69) is 4.98 Å². The van der Waals surface area contributed by atoms with E-state index in [1.54, 1.807) is 30.4 Å². The second kappa shape index (κ2) is 7.99. The number of ketones is 1. The molecule has 1 aromatic carbocycles. The Kier molecular flexibility index (Phi) is 5.49. The van der Waals surface area contributed by atoms with E-state index in [0.29, 0.717) is 18.7 Å². The van der Waals surface area contributed by atoms with E-state index >= 15 is 0 Å². The minimum atomic E-state index is -0.452. The maximum Gasteiger partial charge on any atom is 0.228 e. The van der Waals surface area contributed by atoms with Gasteiger partial charge in [-0.3, -0.25) is 19.4 Å². The molecular formula is C20H21N3O4. The molecular weight excluding hydrogens is 346 g/mol. The molecule has 140 valence electrons. The first-order valence-corrected chi connectivity index (χ1v) is 8.68. The summed E-state index contributed by atoms with van der Waals surface area (Å²) in [7, 11) is 1.56. The lowest BCUT2D eigenvalue weighted by atomic mass is 10.1. The molecule has 1 aliphatic rings. The Bertz CT molecular complexity index is 836. The molecule has 0 saturated carbocycles. The number of rotatable bonds is 6. The number of aromatic nitrogens is 1. The van der Waals surface area contributed by atoms with Gasteiger partial charge >= 0.3 is 0 Å². The number of pyridine rings is 1. The predicted octanol–water partition coefficient (Wildman–Crippen LogP) is 1.48. The SMILES string of the molecule is CN(CC(=O)c1ccc(O)cc1)C(=O)[C@H]1CC(=O)N(Cc2cccnc2)C1. The molecule has 1 atom stereocenters. The number of Topliss-reactive ketones (excluding diaryl/α,β-unsaturated/α-hetero) is 1. The molecule has 27 heavy (non-hydrogen) atoms. The number of carbonyl (C=O) groups is 3. The summed E-state index contributed by atoms with van der Waals surface area (Å²) < 4.78 is 0. The van der Waals surface area contributed by atoms with Crippen molar-refractivity contribution in [1.82, 2.24) is 14.8 Å². The zero-order chi connectivity index (χ0) is 19.4. The van der Waals surface area contributed by atoms with E-state index in [0.717, 1.165) is 5.56 Å². The van der Waals surface area contributed by atoms with E-state index in [4.69, 9.17) is 0 Å². The summed E-state index contributed by atoms with van der Waals surface area (Å²) in [5.74, 6) is -0.886. The highest BCUT2D eigenvalue weighted by molar-refractivity contribution is 6.00. The highest BCUT2D eigenvalue weighted by Crippen LogP contribution is 2.22. The van der Waals surface area contributed by atoms with E-state index < -0.39 is 5.92 Å². The molecule has 0 aliphatic carbocycles. The largest absolute Gasteiger partial charge is 0.508 e. The van der Waals surface area contributed by atoms with Crippen LogP contribution >= 0.6 is 0 Å². The van der Waals surface area contributed by atoms with Crippen LogP contribution in [0.2, 0.25) is 0 Å². The van der Waals surface area contributed by atoms with Gasteiger partial charge in [0.2, 0.25) is 11.8 Å². The summed E-state index contributed by atoms with van der Waals surface area (Å²) in [6.45, 7) is 0.688. The van der Waals surface area contributed by atoms with Gasteiger partial charge in [0.1, 0.15) is 5.75 Å². The summed E-state index contributed by atoms with van der Waals surface area (Å²) >= 11 is 0. The molecule has 3 rings (SSSR count). The van der Waals surface area contributed by atoms with E-state index in [-0.39, 0.29) is 36.3 Å². The van der Waals surface area contributed by atoms with Gasteiger partial charge in [-0.15, -0.1) is 0 Å². The van der Waals surface area contributed by atoms with Crippen LogP contribution < -0.4 is 0 Å². The van der Waals surface area contributed by atoms with E-state index in [1.807, 2.05) is 6.07 Å². The van der Waals surface area contributed by atoms with Gasteiger partial charge in [0, 0.05) is 44.5 Å². The number of likely N-dealkylation sites (tertiary alicyclic amines) is 1. The van der Waals surface area contributed by atoms with Crippen LogP contribution in [-0.4, -0.2) is 57.6 Å². The van der Waals surface area contributed by atoms with Gasteiger partial charge in [0.15, 0.2) is 5.78 Å². The number of amides is 2. The maximum absolute atomic E-state index is 12.7. The molecule has 1 aromatic heterocycles. The average Bonchev–Trinajstić information content (AvgIpc) is 3.02. The second-order valence-electron chi connectivity index (χ2n) is 6.70. The number of nitrogens with zero attached hydrogens (tertiary/aromatic N) is 3. The summed E-state index contributed by atoms with van der Waals surface area (Å²) in [6, 6.07) is 9.59. The molecule has 1 fully saturated rings. The van der Waals surface area contributed by atoms with Gasteiger partial charge in [-0.1, -0.05) is 6.07 Å². The highest BCUT2D eigenvalue weighted by Gasteiger charge is 2.36. The van der Waals surface area contributed by atoms with Crippen LogP contribution in [0.5, 0.6) is 5.75 Å². The molecule has 1 N–H and O–H groups in total. The zero-order valence-electron chi connectivity index (χ0n) is 15.0. The number of likely N-dealkylation sites (N-methyl/N-ethyl adjacent to an activating group) is 1. The van der Waals surface area contributed by atoms with Crippen LogP contribution in [0.25, 0.3) is 0 Å². The average molecular weight is 367 g/mol. The van der Waals surface area contributed by atoms with Gasteiger partial charge in [-0.25, -0.2) is 0 Å². The van der Waals surface area contributed by atoms with Crippen molar-refractivity contribution in [3.8, 4) is 5.75 Å². The van der Waals surface area contributed by atoms with Gasteiger partial charge < -0.3 is 14.9 Å². The predicted molar refractivity (Wildman–Crippen MR) is 97.8 cm³/mol. The number of benzene rings is 1. The first-order valence-electron chi connectivity index (χ1n) is 8.68. The molecule has 7 nitrogen and oxygen atoms in total. The monoisotopic (exact) mass is 367 g/mol. The lowest BCUT2D eigenvalue weighted by Gasteiger charge is -2.21. The smallest absolute Gasteiger partial charge is 0.228 e. The van der Waals surface area contributed by atoms with Crippen molar-refractivity contribution >= 4 is 17.6 Å². The third-order valence-corrected chi connectivity index (χ3v) is 4.61. The Balaban J connectivity index is 1.57. The molecule has 2 aromatic rings. The van der Waals surface area contributed by atoms with Gasteiger partial charge in [-0.05, 0) is 35.9 Å². The van der Waals surface area contributed by atoms with Crippen LogP contribution in [-0.2, 0) is 16.1 Å². The van der Waals surface area contributed by atoms with Crippen molar-refractivity contribution in [3.05, 3.63) is 59.9 Å². The van der Waals surface area contributed by atoms with Crippen molar-refractivity contribution in [1.29, 1.82) is 0 Å². The van der Waals surface area contributed by atoms with Crippen LogP contribution in [0, 0.1) is 5.92 Å². The van der Waals surface area contributed by atoms with Crippen LogP contribution in [0.15, 0.2) is 48.8 Å². The molecule has 7 heteroatoms. The molecule has 0 bridgehead atoms. The molecule has 0 spiro atoms. The summed E-state index contributed by atoms with van der Waals surface area (Å²) in [5, 5.41) is 9.29. The molecule has 0 unspecified atom stereocenters. The number of hydrogen-bond acceptors (Lipinski definition) is 5.